The average molecular weight is 138 g/mol. The van der Waals surface area contributed by atoms with Crippen molar-refractivity contribution in [2.24, 2.45) is 4.99 Å². The molecule has 0 spiro atoms. The Bertz CT molecular complexity index is 125. The maximum atomic E-state index is 3.88. The van der Waals surface area contributed by atoms with Crippen LogP contribution in [0.1, 0.15) is 13.3 Å². The van der Waals surface area contributed by atoms with Gasteiger partial charge in [0, 0.05) is 25.2 Å². The SMILES string of the molecule is C=C/C=N\C=C\NCCC. The summed E-state index contributed by atoms with van der Waals surface area (Å²) < 4.78 is 0. The monoisotopic (exact) mass is 138 g/mol. The molecule has 0 unspecified atom stereocenters. The molecule has 56 valence electrons. The zero-order valence-corrected chi connectivity index (χ0v) is 6.38. The van der Waals surface area contributed by atoms with Gasteiger partial charge in [0.2, 0.25) is 0 Å². The normalized spacial score (nSPS) is 10.9. The molecule has 10 heavy (non-hydrogen) atoms. The third-order valence-electron chi connectivity index (χ3n) is 0.864. The third kappa shape index (κ3) is 6.95. The predicted molar refractivity (Wildman–Crippen MR) is 46.1 cm³/mol. The van der Waals surface area contributed by atoms with Gasteiger partial charge >= 0.3 is 0 Å². The molecule has 1 N–H and O–H groups in total. The molecule has 2 heteroatoms. The summed E-state index contributed by atoms with van der Waals surface area (Å²) in [5.41, 5.74) is 0. The second-order valence-corrected chi connectivity index (χ2v) is 1.80. The molecule has 2 nitrogen and oxygen atoms in total. The van der Waals surface area contributed by atoms with Crippen molar-refractivity contribution in [1.29, 1.82) is 0 Å². The predicted octanol–water partition coefficient (Wildman–Crippen LogP) is 1.71. The van der Waals surface area contributed by atoms with Crippen molar-refractivity contribution in [3.63, 3.8) is 0 Å². The molecular weight excluding hydrogens is 124 g/mol. The molecule has 0 aliphatic carbocycles. The first kappa shape index (κ1) is 8.95. The quantitative estimate of drug-likeness (QED) is 0.454. The lowest BCUT2D eigenvalue weighted by Gasteiger charge is -1.91. The smallest absolute Gasteiger partial charge is 0.0424 e. The van der Waals surface area contributed by atoms with E-state index in [0.29, 0.717) is 0 Å². The fourth-order valence-corrected chi connectivity index (χ4v) is 0.434. The molecule has 0 bridgehead atoms. The van der Waals surface area contributed by atoms with E-state index in [9.17, 15) is 0 Å². The summed E-state index contributed by atoms with van der Waals surface area (Å²) >= 11 is 0. The molecule has 0 aliphatic heterocycles. The van der Waals surface area contributed by atoms with E-state index in [1.807, 2.05) is 6.20 Å². The Labute approximate surface area is 62.4 Å². The molecule has 0 aromatic carbocycles. The van der Waals surface area contributed by atoms with Crippen molar-refractivity contribution in [3.8, 4) is 0 Å². The van der Waals surface area contributed by atoms with Gasteiger partial charge in [-0.3, -0.25) is 4.99 Å². The topological polar surface area (TPSA) is 24.4 Å². The van der Waals surface area contributed by atoms with Crippen LogP contribution in [-0.2, 0) is 0 Å². The first-order valence-corrected chi connectivity index (χ1v) is 3.44. The Morgan fingerprint density at radius 3 is 3.00 bits per heavy atom. The summed E-state index contributed by atoms with van der Waals surface area (Å²) in [4.78, 5) is 3.88. The van der Waals surface area contributed by atoms with Gasteiger partial charge in [-0.05, 0) is 6.42 Å². The van der Waals surface area contributed by atoms with Crippen molar-refractivity contribution < 1.29 is 0 Å². The molecule has 0 saturated heterocycles. The number of allylic oxidation sites excluding steroid dienone is 1. The first-order chi connectivity index (χ1) is 4.91. The van der Waals surface area contributed by atoms with Crippen molar-refractivity contribution in [1.82, 2.24) is 5.32 Å². The second kappa shape index (κ2) is 7.95. The van der Waals surface area contributed by atoms with Gasteiger partial charge in [0.1, 0.15) is 0 Å². The largest absolute Gasteiger partial charge is 0.390 e. The Hall–Kier alpha value is -1.05. The van der Waals surface area contributed by atoms with Crippen LogP contribution in [-0.4, -0.2) is 12.8 Å². The summed E-state index contributed by atoms with van der Waals surface area (Å²) in [6.45, 7) is 6.61. The van der Waals surface area contributed by atoms with Crippen molar-refractivity contribution in [2.45, 2.75) is 13.3 Å². The molecule has 0 aromatic rings. The minimum absolute atomic E-state index is 1.00. The van der Waals surface area contributed by atoms with Crippen LogP contribution in [0, 0.1) is 0 Å². The molecule has 0 amide bonds. The van der Waals surface area contributed by atoms with Crippen LogP contribution >= 0.6 is 0 Å². The van der Waals surface area contributed by atoms with Gasteiger partial charge in [-0.1, -0.05) is 19.6 Å². The van der Waals surface area contributed by atoms with Crippen LogP contribution in [0.15, 0.2) is 30.0 Å². The lowest BCUT2D eigenvalue weighted by atomic mass is 10.5. The minimum Gasteiger partial charge on any atom is -0.390 e. The third-order valence-corrected chi connectivity index (χ3v) is 0.864. The first-order valence-electron chi connectivity index (χ1n) is 3.44. The van der Waals surface area contributed by atoms with Crippen molar-refractivity contribution in [3.05, 3.63) is 25.1 Å². The van der Waals surface area contributed by atoms with Gasteiger partial charge in [0.05, 0.1) is 0 Å². The molecule has 0 rings (SSSR count). The standard InChI is InChI=1S/C8H14N2/c1-3-5-9-7-8-10-6-4-2/h3,5,7-8,10H,1,4,6H2,2H3/b8-7+,9-5-. The zero-order valence-electron chi connectivity index (χ0n) is 6.38. The molecule has 0 heterocycles. The lowest BCUT2D eigenvalue weighted by Crippen LogP contribution is -2.04. The van der Waals surface area contributed by atoms with Gasteiger partial charge in [-0.25, -0.2) is 0 Å². The highest BCUT2D eigenvalue weighted by atomic mass is 14.8. The van der Waals surface area contributed by atoms with Crippen LogP contribution in [0.3, 0.4) is 0 Å². The maximum absolute atomic E-state index is 3.88. The van der Waals surface area contributed by atoms with Gasteiger partial charge < -0.3 is 5.32 Å². The van der Waals surface area contributed by atoms with Crippen LogP contribution in [0.2, 0.25) is 0 Å². The van der Waals surface area contributed by atoms with Gasteiger partial charge in [-0.15, -0.1) is 0 Å². The molecule has 0 saturated carbocycles. The summed E-state index contributed by atoms with van der Waals surface area (Å²) in [7, 11) is 0. The number of hydrogen-bond acceptors (Lipinski definition) is 2. The van der Waals surface area contributed by atoms with E-state index in [2.05, 4.69) is 23.8 Å². The van der Waals surface area contributed by atoms with E-state index in [0.717, 1.165) is 13.0 Å². The summed E-state index contributed by atoms with van der Waals surface area (Å²) in [5, 5.41) is 3.07. The summed E-state index contributed by atoms with van der Waals surface area (Å²) in [6, 6.07) is 0. The number of aliphatic imine (C=N–C) groups is 1. The molecular formula is C8H14N2. The van der Waals surface area contributed by atoms with Gasteiger partial charge in [-0.2, -0.15) is 0 Å². The second-order valence-electron chi connectivity index (χ2n) is 1.80. The summed E-state index contributed by atoms with van der Waals surface area (Å²) in [5.74, 6) is 0. The number of nitrogens with zero attached hydrogens (tertiary/aromatic N) is 1. The Morgan fingerprint density at radius 2 is 2.40 bits per heavy atom. The van der Waals surface area contributed by atoms with E-state index in [4.69, 9.17) is 0 Å². The average Bonchev–Trinajstić information content (AvgIpc) is 1.97. The number of hydrogen-bond donors (Lipinski definition) is 1. The van der Waals surface area contributed by atoms with E-state index >= 15 is 0 Å². The summed E-state index contributed by atoms with van der Waals surface area (Å²) in [6.07, 6.45) is 7.95. The molecule has 0 atom stereocenters. The Balaban J connectivity index is 3.19. The van der Waals surface area contributed by atoms with Crippen LogP contribution in [0.25, 0.3) is 0 Å². The molecule has 0 radical (unpaired) electrons. The Morgan fingerprint density at radius 1 is 1.60 bits per heavy atom. The molecule has 0 aromatic heterocycles. The minimum atomic E-state index is 1.00. The highest BCUT2D eigenvalue weighted by Crippen LogP contribution is 1.72. The fourth-order valence-electron chi connectivity index (χ4n) is 0.434. The number of rotatable bonds is 5. The van der Waals surface area contributed by atoms with Crippen LogP contribution in [0.5, 0.6) is 0 Å². The van der Waals surface area contributed by atoms with Crippen LogP contribution in [0.4, 0.5) is 0 Å². The van der Waals surface area contributed by atoms with Gasteiger partial charge in [0.15, 0.2) is 0 Å². The zero-order chi connectivity index (χ0) is 7.66. The molecule has 0 aliphatic rings. The maximum Gasteiger partial charge on any atom is 0.0424 e. The van der Waals surface area contributed by atoms with E-state index in [1.54, 1.807) is 18.5 Å². The van der Waals surface area contributed by atoms with E-state index < -0.39 is 0 Å². The lowest BCUT2D eigenvalue weighted by molar-refractivity contribution is 0.808. The highest BCUT2D eigenvalue weighted by molar-refractivity contribution is 5.70. The Kier molecular flexibility index (Phi) is 7.12. The van der Waals surface area contributed by atoms with Crippen LogP contribution < -0.4 is 5.32 Å². The fraction of sp³-hybridized carbons (Fsp3) is 0.375. The van der Waals surface area contributed by atoms with E-state index in [-0.39, 0.29) is 0 Å². The van der Waals surface area contributed by atoms with Crippen molar-refractivity contribution >= 4 is 6.21 Å². The van der Waals surface area contributed by atoms with E-state index in [1.165, 1.54) is 0 Å². The van der Waals surface area contributed by atoms with Gasteiger partial charge in [0.25, 0.3) is 0 Å². The molecule has 0 fully saturated rings. The highest BCUT2D eigenvalue weighted by Gasteiger charge is 1.70. The number of nitrogens with one attached hydrogen (secondary N) is 1. The van der Waals surface area contributed by atoms with Crippen molar-refractivity contribution in [2.75, 3.05) is 6.54 Å².